The van der Waals surface area contributed by atoms with Gasteiger partial charge in [0.25, 0.3) is 0 Å². The zero-order valence-electron chi connectivity index (χ0n) is 13.6. The molecule has 0 fully saturated rings. The number of aromatic nitrogens is 3. The van der Waals surface area contributed by atoms with E-state index in [0.29, 0.717) is 0 Å². The van der Waals surface area contributed by atoms with E-state index >= 15 is 0 Å². The smallest absolute Gasteiger partial charge is 0.130 e. The van der Waals surface area contributed by atoms with Crippen LogP contribution in [-0.2, 0) is 0 Å². The summed E-state index contributed by atoms with van der Waals surface area (Å²) in [6, 6.07) is 17.1. The molecule has 0 atom stereocenters. The van der Waals surface area contributed by atoms with Gasteiger partial charge < -0.3 is 0 Å². The van der Waals surface area contributed by atoms with Crippen LogP contribution in [0.1, 0.15) is 0 Å². The van der Waals surface area contributed by atoms with Gasteiger partial charge in [-0.05, 0) is 36.4 Å². The third kappa shape index (κ3) is 19.8. The van der Waals surface area contributed by atoms with Crippen molar-refractivity contribution >= 4 is 6.71 Å². The van der Waals surface area contributed by atoms with Gasteiger partial charge in [0.1, 0.15) is 6.71 Å². The predicted molar refractivity (Wildman–Crippen MR) is 96.1 cm³/mol. The first-order valence-electron chi connectivity index (χ1n) is 7.28. The second-order valence-corrected chi connectivity index (χ2v) is 4.81. The molecule has 0 aromatic carbocycles. The van der Waals surface area contributed by atoms with Crippen LogP contribution in [0.3, 0.4) is 0 Å². The van der Waals surface area contributed by atoms with E-state index in [2.05, 4.69) is 35.4 Å². The van der Waals surface area contributed by atoms with Crippen LogP contribution in [0.2, 0.25) is 20.5 Å². The lowest BCUT2D eigenvalue weighted by molar-refractivity contribution is 1.33. The van der Waals surface area contributed by atoms with Crippen LogP contribution in [0, 0.1) is 0 Å². The van der Waals surface area contributed by atoms with E-state index in [1.165, 1.54) is 0 Å². The maximum Gasteiger partial charge on any atom is 0.130 e. The molecule has 0 saturated heterocycles. The first kappa shape index (κ1) is 19.5. The highest BCUT2D eigenvalue weighted by Crippen LogP contribution is 1.75. The zero-order valence-corrected chi connectivity index (χ0v) is 13.6. The number of pyridine rings is 3. The average Bonchev–Trinajstić information content (AvgIpc) is 2.60. The molecule has 0 N–H and O–H groups in total. The fraction of sp³-hybridized carbons (Fsp3) is 0.167. The maximum absolute atomic E-state index is 3.78. The third-order valence-electron chi connectivity index (χ3n) is 1.70. The Bertz CT molecular complexity index is 347. The monoisotopic (exact) mass is 293 g/mol. The van der Waals surface area contributed by atoms with Crippen molar-refractivity contribution in [3.05, 3.63) is 91.8 Å². The van der Waals surface area contributed by atoms with E-state index < -0.39 is 0 Å². The van der Waals surface area contributed by atoms with E-state index in [1.54, 1.807) is 37.2 Å². The molecule has 3 aromatic heterocycles. The molecule has 0 unspecified atom stereocenters. The van der Waals surface area contributed by atoms with Crippen LogP contribution in [0.4, 0.5) is 0 Å². The van der Waals surface area contributed by atoms with Crippen molar-refractivity contribution < 1.29 is 0 Å². The van der Waals surface area contributed by atoms with Gasteiger partial charge in [-0.2, -0.15) is 0 Å². The van der Waals surface area contributed by atoms with Gasteiger partial charge in [-0.15, -0.1) is 0 Å². The molecular formula is C18H24BN3. The Balaban J connectivity index is 0.000000271. The summed E-state index contributed by atoms with van der Waals surface area (Å²) in [4.78, 5) is 11.4. The molecule has 114 valence electrons. The van der Waals surface area contributed by atoms with E-state index in [4.69, 9.17) is 0 Å². The molecule has 0 radical (unpaired) electrons. The van der Waals surface area contributed by atoms with Crippen molar-refractivity contribution in [2.45, 2.75) is 20.5 Å². The van der Waals surface area contributed by atoms with Gasteiger partial charge >= 0.3 is 0 Å². The number of rotatable bonds is 0. The van der Waals surface area contributed by atoms with Crippen LogP contribution in [-0.4, -0.2) is 21.7 Å². The molecule has 0 spiro atoms. The Labute approximate surface area is 134 Å². The van der Waals surface area contributed by atoms with Crippen LogP contribution >= 0.6 is 0 Å². The van der Waals surface area contributed by atoms with Gasteiger partial charge in [-0.1, -0.05) is 38.7 Å². The lowest BCUT2D eigenvalue weighted by Crippen LogP contribution is -1.84. The minimum absolute atomic E-state index is 0.833. The van der Waals surface area contributed by atoms with E-state index in [-0.39, 0.29) is 0 Å². The minimum atomic E-state index is 0.833. The molecule has 3 rings (SSSR count). The zero-order chi connectivity index (χ0) is 16.3. The van der Waals surface area contributed by atoms with Crippen molar-refractivity contribution in [3.8, 4) is 0 Å². The highest BCUT2D eigenvalue weighted by molar-refractivity contribution is 6.54. The average molecular weight is 293 g/mol. The molecule has 0 aliphatic heterocycles. The number of hydrogen-bond acceptors (Lipinski definition) is 3. The fourth-order valence-electron chi connectivity index (χ4n) is 0.938. The van der Waals surface area contributed by atoms with Crippen molar-refractivity contribution in [2.24, 2.45) is 0 Å². The molecular weight excluding hydrogens is 269 g/mol. The quantitative estimate of drug-likeness (QED) is 0.568. The number of nitrogens with zero attached hydrogens (tertiary/aromatic N) is 3. The Morgan fingerprint density at radius 1 is 0.409 bits per heavy atom. The topological polar surface area (TPSA) is 38.7 Å². The molecule has 0 saturated carbocycles. The normalized spacial score (nSPS) is 7.77. The van der Waals surface area contributed by atoms with Gasteiger partial charge in [0.15, 0.2) is 0 Å². The summed E-state index contributed by atoms with van der Waals surface area (Å²) in [6.07, 6.45) is 10.5. The predicted octanol–water partition coefficient (Wildman–Crippen LogP) is 4.62. The third-order valence-corrected chi connectivity index (χ3v) is 1.70. The van der Waals surface area contributed by atoms with Gasteiger partial charge in [0, 0.05) is 37.2 Å². The first-order chi connectivity index (χ1) is 10.7. The summed E-state index contributed by atoms with van der Waals surface area (Å²) in [5.74, 6) is 0. The summed E-state index contributed by atoms with van der Waals surface area (Å²) < 4.78 is 0. The largest absolute Gasteiger partial charge is 0.265 e. The Morgan fingerprint density at radius 3 is 0.636 bits per heavy atom. The molecule has 0 bridgehead atoms. The molecule has 0 amide bonds. The SMILES string of the molecule is CB(C)C.c1ccncc1.c1ccncc1.c1ccncc1. The van der Waals surface area contributed by atoms with Crippen LogP contribution in [0.5, 0.6) is 0 Å². The highest BCUT2D eigenvalue weighted by atomic mass is 14.6. The van der Waals surface area contributed by atoms with Crippen molar-refractivity contribution in [1.29, 1.82) is 0 Å². The van der Waals surface area contributed by atoms with Crippen LogP contribution < -0.4 is 0 Å². The highest BCUT2D eigenvalue weighted by Gasteiger charge is 1.76. The Hall–Kier alpha value is -2.49. The van der Waals surface area contributed by atoms with Crippen LogP contribution in [0.25, 0.3) is 0 Å². The van der Waals surface area contributed by atoms with Crippen LogP contribution in [0.15, 0.2) is 91.8 Å². The summed E-state index contributed by atoms with van der Waals surface area (Å²) in [7, 11) is 0. The summed E-state index contributed by atoms with van der Waals surface area (Å²) in [5.41, 5.74) is 0. The lowest BCUT2D eigenvalue weighted by atomic mass is 9.58. The van der Waals surface area contributed by atoms with E-state index in [0.717, 1.165) is 6.71 Å². The molecule has 3 aromatic rings. The lowest BCUT2D eigenvalue weighted by Gasteiger charge is -1.71. The van der Waals surface area contributed by atoms with Gasteiger partial charge in [-0.25, -0.2) is 0 Å². The second-order valence-electron chi connectivity index (χ2n) is 4.81. The summed E-state index contributed by atoms with van der Waals surface area (Å²) >= 11 is 0. The molecule has 0 aliphatic carbocycles. The Morgan fingerprint density at radius 2 is 0.591 bits per heavy atom. The summed E-state index contributed by atoms with van der Waals surface area (Å²) in [6.45, 7) is 7.33. The molecule has 3 heterocycles. The Kier molecular flexibility index (Phi) is 14.7. The first-order valence-corrected chi connectivity index (χ1v) is 7.28. The van der Waals surface area contributed by atoms with Gasteiger partial charge in [0.2, 0.25) is 0 Å². The maximum atomic E-state index is 3.78. The van der Waals surface area contributed by atoms with E-state index in [1.807, 2.05) is 54.6 Å². The van der Waals surface area contributed by atoms with E-state index in [9.17, 15) is 0 Å². The second kappa shape index (κ2) is 16.6. The van der Waals surface area contributed by atoms with Crippen molar-refractivity contribution in [3.63, 3.8) is 0 Å². The number of hydrogen-bond donors (Lipinski definition) is 0. The molecule has 4 heteroatoms. The van der Waals surface area contributed by atoms with Crippen molar-refractivity contribution in [2.75, 3.05) is 0 Å². The minimum Gasteiger partial charge on any atom is -0.265 e. The molecule has 3 nitrogen and oxygen atoms in total. The fourth-order valence-corrected chi connectivity index (χ4v) is 0.938. The standard InChI is InChI=1S/3C5H5N.C3H9B/c3*1-2-4-6-5-3-1;1-4(2)3/h3*1-5H;1-3H3. The van der Waals surface area contributed by atoms with Gasteiger partial charge in [-0.3, -0.25) is 15.0 Å². The van der Waals surface area contributed by atoms with Gasteiger partial charge in [0.05, 0.1) is 0 Å². The molecule has 0 aliphatic rings. The summed E-state index contributed by atoms with van der Waals surface area (Å²) in [5, 5.41) is 0. The molecule has 22 heavy (non-hydrogen) atoms. The van der Waals surface area contributed by atoms with Crippen molar-refractivity contribution in [1.82, 2.24) is 15.0 Å².